The molecule has 0 radical (unpaired) electrons. The number of nitrogens with zero attached hydrogens (tertiary/aromatic N) is 1. The minimum absolute atomic E-state index is 0.000333. The lowest BCUT2D eigenvalue weighted by atomic mass is 10.2. The minimum atomic E-state index is -4.13. The summed E-state index contributed by atoms with van der Waals surface area (Å²) in [6, 6.07) is 15.0. The van der Waals surface area contributed by atoms with E-state index in [1.165, 1.54) is 56.7 Å². The molecular weight excluding hydrogens is 511 g/mol. The van der Waals surface area contributed by atoms with Gasteiger partial charge in [0.15, 0.2) is 0 Å². The predicted octanol–water partition coefficient (Wildman–Crippen LogP) is 5.50. The fourth-order valence-electron chi connectivity index (χ4n) is 3.00. The van der Waals surface area contributed by atoms with Crippen LogP contribution < -0.4 is 19.1 Å². The zero-order valence-corrected chi connectivity index (χ0v) is 20.6. The van der Waals surface area contributed by atoms with Crippen LogP contribution in [0.4, 0.5) is 11.4 Å². The van der Waals surface area contributed by atoms with Gasteiger partial charge in [0.1, 0.15) is 18.0 Å². The van der Waals surface area contributed by atoms with E-state index < -0.39 is 22.5 Å². The molecule has 3 rings (SSSR count). The van der Waals surface area contributed by atoms with Gasteiger partial charge < -0.3 is 14.8 Å². The van der Waals surface area contributed by atoms with E-state index >= 15 is 0 Å². The second-order valence-corrected chi connectivity index (χ2v) is 9.83. The molecule has 1 amide bonds. The van der Waals surface area contributed by atoms with Crippen LogP contribution in [0.5, 0.6) is 11.5 Å². The van der Waals surface area contributed by atoms with Gasteiger partial charge in [-0.3, -0.25) is 9.10 Å². The molecule has 0 aromatic heterocycles. The highest BCUT2D eigenvalue weighted by atomic mass is 35.5. The zero-order valence-electron chi connectivity index (χ0n) is 17.5. The molecule has 0 spiro atoms. The Morgan fingerprint density at radius 3 is 2.09 bits per heavy atom. The first kappa shape index (κ1) is 25.0. The van der Waals surface area contributed by atoms with Gasteiger partial charge in [0.25, 0.3) is 10.0 Å². The average Bonchev–Trinajstić information content (AvgIpc) is 2.78. The molecule has 0 saturated carbocycles. The second kappa shape index (κ2) is 10.5. The number of nitrogens with one attached hydrogen (secondary N) is 1. The van der Waals surface area contributed by atoms with Crippen molar-refractivity contribution in [3.05, 3.63) is 75.7 Å². The van der Waals surface area contributed by atoms with Crippen LogP contribution in [0, 0.1) is 0 Å². The highest BCUT2D eigenvalue weighted by Gasteiger charge is 2.28. The van der Waals surface area contributed by atoms with Gasteiger partial charge in [0, 0.05) is 22.2 Å². The Morgan fingerprint density at radius 2 is 1.52 bits per heavy atom. The molecule has 3 aromatic rings. The zero-order chi connectivity index (χ0) is 24.2. The number of halogens is 3. The number of anilines is 2. The van der Waals surface area contributed by atoms with Gasteiger partial charge in [-0.1, -0.05) is 53.0 Å². The number of hydrogen-bond acceptors (Lipinski definition) is 5. The number of benzene rings is 3. The lowest BCUT2D eigenvalue weighted by molar-refractivity contribution is -0.114. The van der Waals surface area contributed by atoms with Gasteiger partial charge in [-0.2, -0.15) is 0 Å². The van der Waals surface area contributed by atoms with Crippen molar-refractivity contribution in [2.45, 2.75) is 4.90 Å². The molecule has 0 saturated heterocycles. The fraction of sp³-hybridized carbons (Fsp3) is 0.136. The van der Waals surface area contributed by atoms with E-state index in [1.807, 2.05) is 0 Å². The van der Waals surface area contributed by atoms with Crippen LogP contribution in [0.1, 0.15) is 0 Å². The summed E-state index contributed by atoms with van der Waals surface area (Å²) >= 11 is 18.3. The molecule has 0 unspecified atom stereocenters. The monoisotopic (exact) mass is 528 g/mol. The highest BCUT2D eigenvalue weighted by Crippen LogP contribution is 2.36. The molecule has 0 fully saturated rings. The molecule has 0 atom stereocenters. The van der Waals surface area contributed by atoms with Gasteiger partial charge >= 0.3 is 0 Å². The number of rotatable bonds is 8. The molecule has 0 aliphatic heterocycles. The van der Waals surface area contributed by atoms with E-state index in [1.54, 1.807) is 18.2 Å². The highest BCUT2D eigenvalue weighted by molar-refractivity contribution is 7.92. The molecule has 3 aromatic carbocycles. The van der Waals surface area contributed by atoms with E-state index in [2.05, 4.69) is 5.32 Å². The first-order valence-electron chi connectivity index (χ1n) is 9.41. The maximum absolute atomic E-state index is 13.4. The molecule has 1 N–H and O–H groups in total. The minimum Gasteiger partial charge on any atom is -0.495 e. The van der Waals surface area contributed by atoms with Gasteiger partial charge in [0.05, 0.1) is 35.5 Å². The normalized spacial score (nSPS) is 11.1. The van der Waals surface area contributed by atoms with Crippen molar-refractivity contribution in [2.75, 3.05) is 30.4 Å². The second-order valence-electron chi connectivity index (χ2n) is 6.69. The Kier molecular flexibility index (Phi) is 7.97. The number of carbonyl (C=O) groups excluding carboxylic acids is 1. The number of carbonyl (C=O) groups is 1. The van der Waals surface area contributed by atoms with Crippen molar-refractivity contribution in [1.29, 1.82) is 0 Å². The Balaban J connectivity index is 2.00. The third-order valence-corrected chi connectivity index (χ3v) is 7.02. The molecule has 0 heterocycles. The summed E-state index contributed by atoms with van der Waals surface area (Å²) in [5.41, 5.74) is 0.386. The predicted molar refractivity (Wildman–Crippen MR) is 131 cm³/mol. The maximum atomic E-state index is 13.4. The van der Waals surface area contributed by atoms with Crippen molar-refractivity contribution in [1.82, 2.24) is 0 Å². The smallest absolute Gasteiger partial charge is 0.264 e. The first-order chi connectivity index (χ1) is 15.6. The summed E-state index contributed by atoms with van der Waals surface area (Å²) in [6.45, 7) is -0.567. The summed E-state index contributed by atoms with van der Waals surface area (Å²) in [4.78, 5) is 13.0. The third-order valence-electron chi connectivity index (χ3n) is 4.50. The molecule has 33 heavy (non-hydrogen) atoms. The van der Waals surface area contributed by atoms with Crippen molar-refractivity contribution in [2.24, 2.45) is 0 Å². The largest absolute Gasteiger partial charge is 0.495 e. The quantitative estimate of drug-likeness (QED) is 0.417. The summed E-state index contributed by atoms with van der Waals surface area (Å²) < 4.78 is 38.2. The molecule has 0 aliphatic carbocycles. The Morgan fingerprint density at radius 1 is 0.909 bits per heavy atom. The number of hydrogen-bond donors (Lipinski definition) is 1. The number of sulfonamides is 1. The van der Waals surface area contributed by atoms with Crippen LogP contribution in [-0.4, -0.2) is 35.1 Å². The van der Waals surface area contributed by atoms with Gasteiger partial charge in [-0.25, -0.2) is 8.42 Å². The molecule has 11 heteroatoms. The topological polar surface area (TPSA) is 84.9 Å². The van der Waals surface area contributed by atoms with E-state index in [-0.39, 0.29) is 37.1 Å². The maximum Gasteiger partial charge on any atom is 0.264 e. The molecule has 7 nitrogen and oxygen atoms in total. The number of ether oxygens (including phenoxy) is 2. The Bertz CT molecular complexity index is 1250. The first-order valence-corrected chi connectivity index (χ1v) is 12.0. The summed E-state index contributed by atoms with van der Waals surface area (Å²) in [6.07, 6.45) is 0. The van der Waals surface area contributed by atoms with Gasteiger partial charge in [-0.05, 0) is 30.3 Å². The van der Waals surface area contributed by atoms with Crippen LogP contribution >= 0.6 is 34.8 Å². The Hall–Kier alpha value is -2.65. The van der Waals surface area contributed by atoms with E-state index in [0.717, 1.165) is 4.31 Å². The lowest BCUT2D eigenvalue weighted by Crippen LogP contribution is -2.38. The molecule has 0 aliphatic rings. The van der Waals surface area contributed by atoms with Crippen LogP contribution in [0.2, 0.25) is 15.1 Å². The Labute approximate surface area is 206 Å². The van der Waals surface area contributed by atoms with Crippen molar-refractivity contribution < 1.29 is 22.7 Å². The fourth-order valence-corrected chi connectivity index (χ4v) is 5.17. The molecular formula is C22H19Cl3N2O5S. The van der Waals surface area contributed by atoms with Crippen LogP contribution in [-0.2, 0) is 14.8 Å². The van der Waals surface area contributed by atoms with Crippen LogP contribution in [0.15, 0.2) is 65.6 Å². The van der Waals surface area contributed by atoms with Crippen molar-refractivity contribution in [3.8, 4) is 11.5 Å². The van der Waals surface area contributed by atoms with E-state index in [0.29, 0.717) is 5.75 Å². The summed E-state index contributed by atoms with van der Waals surface area (Å²) in [7, 11) is -1.29. The standard InChI is InChI=1S/C22H19Cl3N2O5S/c1-31-20-12-19(21(32-2)11-18(20)25)26-22(28)13-27(16-9-14(23)8-15(24)10-16)33(29,30)17-6-4-3-5-7-17/h3-12H,13H2,1-2H3,(H,26,28). The van der Waals surface area contributed by atoms with Gasteiger partial charge in [0.2, 0.25) is 5.91 Å². The lowest BCUT2D eigenvalue weighted by Gasteiger charge is -2.25. The number of methoxy groups -OCH3 is 2. The van der Waals surface area contributed by atoms with E-state index in [9.17, 15) is 13.2 Å². The summed E-state index contributed by atoms with van der Waals surface area (Å²) in [5, 5.41) is 3.36. The average molecular weight is 530 g/mol. The van der Waals surface area contributed by atoms with Crippen LogP contribution in [0.3, 0.4) is 0 Å². The molecule has 0 bridgehead atoms. The third kappa shape index (κ3) is 5.83. The van der Waals surface area contributed by atoms with Crippen LogP contribution in [0.25, 0.3) is 0 Å². The van der Waals surface area contributed by atoms with Crippen molar-refractivity contribution in [3.63, 3.8) is 0 Å². The summed E-state index contributed by atoms with van der Waals surface area (Å²) in [5.74, 6) is -0.0613. The van der Waals surface area contributed by atoms with Gasteiger partial charge in [-0.15, -0.1) is 0 Å². The molecule has 174 valence electrons. The number of amides is 1. The van der Waals surface area contributed by atoms with Crippen molar-refractivity contribution >= 4 is 62.1 Å². The van der Waals surface area contributed by atoms with E-state index in [4.69, 9.17) is 44.3 Å². The SMILES string of the molecule is COc1cc(NC(=O)CN(c2cc(Cl)cc(Cl)c2)S(=O)(=O)c2ccccc2)c(OC)cc1Cl.